The van der Waals surface area contributed by atoms with Crippen LogP contribution in [0.15, 0.2) is 79.1 Å². The van der Waals surface area contributed by atoms with Gasteiger partial charge in [-0.1, -0.05) is 72.9 Å². The molecule has 4 heteroatoms. The van der Waals surface area contributed by atoms with Crippen molar-refractivity contribution in [1.29, 1.82) is 0 Å². The summed E-state index contributed by atoms with van der Waals surface area (Å²) in [6.07, 6.45) is 7.40. The molecule has 3 nitrogen and oxygen atoms in total. The van der Waals surface area contributed by atoms with Crippen LogP contribution in [0.2, 0.25) is 0 Å². The first-order valence-electron chi connectivity index (χ1n) is 10.9. The molecule has 0 spiro atoms. The van der Waals surface area contributed by atoms with Gasteiger partial charge in [0.2, 0.25) is 0 Å². The second kappa shape index (κ2) is 8.66. The number of rotatable bonds is 5. The van der Waals surface area contributed by atoms with Gasteiger partial charge in [-0.2, -0.15) is 0 Å². The summed E-state index contributed by atoms with van der Waals surface area (Å²) in [5, 5.41) is 3.77. The lowest BCUT2D eigenvalue weighted by Crippen LogP contribution is -2.64. The Hall–Kier alpha value is -2.56. The highest BCUT2D eigenvalue weighted by Gasteiger charge is 2.42. The molecule has 2 atom stereocenters. The normalized spacial score (nSPS) is 25.1. The van der Waals surface area contributed by atoms with Crippen LogP contribution in [-0.4, -0.2) is 40.0 Å². The Kier molecular flexibility index (Phi) is 5.60. The number of thiocarbonyl (C=S) groups is 1. The molecule has 1 N–H and O–H groups in total. The Labute approximate surface area is 184 Å². The lowest BCUT2D eigenvalue weighted by molar-refractivity contribution is 0.0212. The van der Waals surface area contributed by atoms with Crippen molar-refractivity contribution in [2.45, 2.75) is 31.3 Å². The van der Waals surface area contributed by atoms with E-state index in [1.165, 1.54) is 42.6 Å². The van der Waals surface area contributed by atoms with Gasteiger partial charge in [-0.25, -0.2) is 0 Å². The molecular weight excluding hydrogens is 386 g/mol. The molecule has 1 aromatic heterocycles. The van der Waals surface area contributed by atoms with Crippen LogP contribution in [-0.2, 0) is 6.42 Å². The molecule has 3 aromatic rings. The van der Waals surface area contributed by atoms with Gasteiger partial charge >= 0.3 is 0 Å². The SMILES string of the molecule is S=C(NC1C2CCN(CC2)C1Cc1cccnc1)c1ccc(-c2ccccc2)cc1. The van der Waals surface area contributed by atoms with Gasteiger partial charge in [0.15, 0.2) is 0 Å². The van der Waals surface area contributed by atoms with Crippen LogP contribution < -0.4 is 5.32 Å². The monoisotopic (exact) mass is 413 g/mol. The Bertz CT molecular complexity index is 980. The van der Waals surface area contributed by atoms with E-state index in [0.717, 1.165) is 17.0 Å². The number of piperidine rings is 3. The maximum Gasteiger partial charge on any atom is 0.106 e. The second-order valence-corrected chi connectivity index (χ2v) is 8.86. The molecule has 2 aromatic carbocycles. The quantitative estimate of drug-likeness (QED) is 0.613. The van der Waals surface area contributed by atoms with E-state index in [-0.39, 0.29) is 0 Å². The molecule has 0 radical (unpaired) electrons. The maximum atomic E-state index is 5.85. The molecule has 3 saturated heterocycles. The van der Waals surface area contributed by atoms with Crippen molar-refractivity contribution in [2.75, 3.05) is 13.1 Å². The van der Waals surface area contributed by atoms with Crippen LogP contribution in [0.25, 0.3) is 11.1 Å². The van der Waals surface area contributed by atoms with Gasteiger partial charge in [0.25, 0.3) is 0 Å². The number of pyridine rings is 1. The van der Waals surface area contributed by atoms with E-state index in [2.05, 4.69) is 69.8 Å². The molecule has 152 valence electrons. The Morgan fingerprint density at radius 2 is 1.67 bits per heavy atom. The number of hydrogen-bond donors (Lipinski definition) is 1. The van der Waals surface area contributed by atoms with Crippen molar-refractivity contribution in [2.24, 2.45) is 5.92 Å². The first-order chi connectivity index (χ1) is 14.8. The van der Waals surface area contributed by atoms with E-state index in [0.29, 0.717) is 18.0 Å². The fourth-order valence-electron chi connectivity index (χ4n) is 5.06. The van der Waals surface area contributed by atoms with E-state index < -0.39 is 0 Å². The molecule has 3 aliphatic heterocycles. The highest BCUT2D eigenvalue weighted by molar-refractivity contribution is 7.80. The number of nitrogens with one attached hydrogen (secondary N) is 1. The number of fused-ring (bicyclic) bond motifs is 3. The van der Waals surface area contributed by atoms with Gasteiger partial charge in [-0.3, -0.25) is 9.88 Å². The van der Waals surface area contributed by atoms with Gasteiger partial charge < -0.3 is 5.32 Å². The van der Waals surface area contributed by atoms with Crippen LogP contribution in [0.1, 0.15) is 24.0 Å². The van der Waals surface area contributed by atoms with Gasteiger partial charge in [0.1, 0.15) is 4.99 Å². The van der Waals surface area contributed by atoms with Crippen molar-refractivity contribution in [3.05, 3.63) is 90.3 Å². The third kappa shape index (κ3) is 4.03. The average molecular weight is 414 g/mol. The van der Waals surface area contributed by atoms with E-state index in [1.54, 1.807) is 0 Å². The molecule has 6 rings (SSSR count). The fraction of sp³-hybridized carbons (Fsp3) is 0.308. The van der Waals surface area contributed by atoms with Gasteiger partial charge in [-0.05, 0) is 61.0 Å². The minimum atomic E-state index is 0.397. The highest BCUT2D eigenvalue weighted by Crippen LogP contribution is 2.34. The first kappa shape index (κ1) is 19.4. The van der Waals surface area contributed by atoms with Crippen molar-refractivity contribution in [3.63, 3.8) is 0 Å². The lowest BCUT2D eigenvalue weighted by atomic mass is 9.76. The summed E-state index contributed by atoms with van der Waals surface area (Å²) in [6, 6.07) is 24.2. The van der Waals surface area contributed by atoms with E-state index in [1.807, 2.05) is 24.5 Å². The van der Waals surface area contributed by atoms with Crippen LogP contribution in [0.5, 0.6) is 0 Å². The minimum absolute atomic E-state index is 0.397. The van der Waals surface area contributed by atoms with Crippen molar-refractivity contribution in [3.8, 4) is 11.1 Å². The van der Waals surface area contributed by atoms with Crippen LogP contribution >= 0.6 is 12.2 Å². The number of aromatic nitrogens is 1. The largest absolute Gasteiger partial charge is 0.371 e. The average Bonchev–Trinajstić information content (AvgIpc) is 2.82. The molecule has 2 bridgehead atoms. The van der Waals surface area contributed by atoms with Gasteiger partial charge in [0.05, 0.1) is 0 Å². The molecular formula is C26H27N3S. The molecule has 4 heterocycles. The first-order valence-corrected chi connectivity index (χ1v) is 11.3. The summed E-state index contributed by atoms with van der Waals surface area (Å²) in [4.78, 5) is 7.82. The van der Waals surface area contributed by atoms with E-state index in [9.17, 15) is 0 Å². The standard InChI is InChI=1S/C26H27N3S/c30-26(23-10-8-21(9-11-23)20-6-2-1-3-7-20)28-25-22-12-15-29(16-13-22)24(25)17-19-5-4-14-27-18-19/h1-11,14,18,22,24-25H,12-13,15-17H2,(H,28,30). The molecule has 3 fully saturated rings. The zero-order valence-electron chi connectivity index (χ0n) is 17.1. The fourth-order valence-corrected chi connectivity index (χ4v) is 5.33. The van der Waals surface area contributed by atoms with Crippen LogP contribution in [0, 0.1) is 5.92 Å². The molecule has 2 unspecified atom stereocenters. The zero-order valence-corrected chi connectivity index (χ0v) is 17.9. The lowest BCUT2D eigenvalue weighted by Gasteiger charge is -2.51. The third-order valence-corrected chi connectivity index (χ3v) is 7.04. The van der Waals surface area contributed by atoms with Crippen LogP contribution in [0.4, 0.5) is 0 Å². The molecule has 0 saturated carbocycles. The maximum absolute atomic E-state index is 5.85. The number of benzene rings is 2. The summed E-state index contributed by atoms with van der Waals surface area (Å²) < 4.78 is 0. The Morgan fingerprint density at radius 3 is 2.37 bits per heavy atom. The topological polar surface area (TPSA) is 28.2 Å². The predicted octanol–water partition coefficient (Wildman–Crippen LogP) is 4.72. The Morgan fingerprint density at radius 1 is 0.933 bits per heavy atom. The predicted molar refractivity (Wildman–Crippen MR) is 127 cm³/mol. The summed E-state index contributed by atoms with van der Waals surface area (Å²) in [5.41, 5.74) is 4.86. The van der Waals surface area contributed by atoms with E-state index >= 15 is 0 Å². The second-order valence-electron chi connectivity index (χ2n) is 8.45. The summed E-state index contributed by atoms with van der Waals surface area (Å²) in [7, 11) is 0. The van der Waals surface area contributed by atoms with Crippen LogP contribution in [0.3, 0.4) is 0 Å². The molecule has 3 aliphatic rings. The summed E-state index contributed by atoms with van der Waals surface area (Å²) >= 11 is 5.85. The van der Waals surface area contributed by atoms with Crippen molar-refractivity contribution >= 4 is 17.2 Å². The van der Waals surface area contributed by atoms with Crippen molar-refractivity contribution in [1.82, 2.24) is 15.2 Å². The minimum Gasteiger partial charge on any atom is -0.371 e. The highest BCUT2D eigenvalue weighted by atomic mass is 32.1. The summed E-state index contributed by atoms with van der Waals surface area (Å²) in [5.74, 6) is 0.693. The third-order valence-electron chi connectivity index (χ3n) is 6.69. The molecule has 30 heavy (non-hydrogen) atoms. The molecule has 0 aliphatic carbocycles. The Balaban J connectivity index is 1.32. The summed E-state index contributed by atoms with van der Waals surface area (Å²) in [6.45, 7) is 2.40. The van der Waals surface area contributed by atoms with Gasteiger partial charge in [-0.15, -0.1) is 0 Å². The smallest absolute Gasteiger partial charge is 0.106 e. The number of nitrogens with zero attached hydrogens (tertiary/aromatic N) is 2. The molecule has 0 amide bonds. The number of hydrogen-bond acceptors (Lipinski definition) is 3. The zero-order chi connectivity index (χ0) is 20.3. The van der Waals surface area contributed by atoms with Crippen molar-refractivity contribution < 1.29 is 0 Å². The van der Waals surface area contributed by atoms with E-state index in [4.69, 9.17) is 12.2 Å². The van der Waals surface area contributed by atoms with Gasteiger partial charge in [0, 0.05) is 30.0 Å².